The van der Waals surface area contributed by atoms with E-state index >= 15 is 0 Å². The van der Waals surface area contributed by atoms with Crippen LogP contribution in [0, 0.1) is 5.82 Å². The molecule has 0 bridgehead atoms. The van der Waals surface area contributed by atoms with Crippen LogP contribution >= 0.6 is 0 Å². The number of hydrogen-bond donors (Lipinski definition) is 1. The highest BCUT2D eigenvalue weighted by atomic mass is 19.1. The molecule has 0 saturated carbocycles. The Morgan fingerprint density at radius 1 is 1.67 bits per heavy atom. The first kappa shape index (κ1) is 9.38. The lowest BCUT2D eigenvalue weighted by Gasteiger charge is -1.96. The van der Waals surface area contributed by atoms with Crippen molar-refractivity contribution in [3.05, 3.63) is 23.8 Å². The molecule has 0 aliphatic heterocycles. The molecular weight excluding hydrogens is 203 g/mol. The van der Waals surface area contributed by atoms with Gasteiger partial charge in [0.1, 0.15) is 5.56 Å². The zero-order valence-corrected chi connectivity index (χ0v) is 7.77. The van der Waals surface area contributed by atoms with Crippen molar-refractivity contribution in [3.63, 3.8) is 0 Å². The van der Waals surface area contributed by atoms with E-state index in [0.717, 1.165) is 16.9 Å². The summed E-state index contributed by atoms with van der Waals surface area (Å²) in [5, 5.41) is 3.73. The lowest BCUT2D eigenvalue weighted by atomic mass is 10.3. The number of nitrogens with zero attached hydrogens (tertiary/aromatic N) is 3. The van der Waals surface area contributed by atoms with E-state index in [1.165, 1.54) is 7.11 Å². The fourth-order valence-corrected chi connectivity index (χ4v) is 1.23. The molecule has 0 aromatic carbocycles. The lowest BCUT2D eigenvalue weighted by molar-refractivity contribution is 0.0604. The highest BCUT2D eigenvalue weighted by Crippen LogP contribution is 2.16. The standard InChI is InChI=1S/C8H7FN4O2/c1-15-8(14)5-6(10)12-13-3-4(9)2-11-7(5)13/h2-3H,1H3,(H2,10,12). The average Bonchev–Trinajstić information content (AvgIpc) is 2.52. The van der Waals surface area contributed by atoms with Crippen molar-refractivity contribution in [1.29, 1.82) is 0 Å². The number of nitrogens with two attached hydrogens (primary N) is 1. The molecular formula is C8H7FN4O2. The number of carbonyl (C=O) groups is 1. The SMILES string of the molecule is COC(=O)c1c(N)nn2cc(F)cnc12. The Balaban J connectivity index is 2.73. The van der Waals surface area contributed by atoms with Gasteiger partial charge in [-0.1, -0.05) is 0 Å². The first-order valence-corrected chi connectivity index (χ1v) is 4.01. The van der Waals surface area contributed by atoms with E-state index < -0.39 is 11.8 Å². The molecule has 0 saturated heterocycles. The van der Waals surface area contributed by atoms with Gasteiger partial charge in [-0.15, -0.1) is 5.10 Å². The Labute approximate surface area is 83.5 Å². The van der Waals surface area contributed by atoms with Gasteiger partial charge >= 0.3 is 5.97 Å². The smallest absolute Gasteiger partial charge is 0.345 e. The third kappa shape index (κ3) is 1.37. The van der Waals surface area contributed by atoms with Gasteiger partial charge in [0.2, 0.25) is 0 Å². The van der Waals surface area contributed by atoms with Gasteiger partial charge in [0.05, 0.1) is 19.5 Å². The summed E-state index contributed by atoms with van der Waals surface area (Å²) in [6.07, 6.45) is 2.05. The molecule has 2 N–H and O–H groups in total. The summed E-state index contributed by atoms with van der Waals surface area (Å²) in [7, 11) is 1.22. The van der Waals surface area contributed by atoms with E-state index in [9.17, 15) is 9.18 Å². The number of fused-ring (bicyclic) bond motifs is 1. The molecule has 0 unspecified atom stereocenters. The minimum atomic E-state index is -0.651. The highest BCUT2D eigenvalue weighted by molar-refractivity contribution is 6.00. The van der Waals surface area contributed by atoms with Gasteiger partial charge in [0.15, 0.2) is 17.3 Å². The minimum Gasteiger partial charge on any atom is -0.465 e. The van der Waals surface area contributed by atoms with E-state index in [-0.39, 0.29) is 17.0 Å². The summed E-state index contributed by atoms with van der Waals surface area (Å²) in [6.45, 7) is 0. The van der Waals surface area contributed by atoms with E-state index in [1.807, 2.05) is 0 Å². The van der Waals surface area contributed by atoms with Crippen LogP contribution in [-0.4, -0.2) is 27.7 Å². The van der Waals surface area contributed by atoms with Crippen molar-refractivity contribution in [2.24, 2.45) is 0 Å². The molecule has 6 nitrogen and oxygen atoms in total. The number of hydrogen-bond acceptors (Lipinski definition) is 5. The largest absolute Gasteiger partial charge is 0.465 e. The summed E-state index contributed by atoms with van der Waals surface area (Å²) in [6, 6.07) is 0. The van der Waals surface area contributed by atoms with Crippen LogP contribution in [0.3, 0.4) is 0 Å². The van der Waals surface area contributed by atoms with Gasteiger partial charge in [0.25, 0.3) is 0 Å². The molecule has 78 valence electrons. The molecule has 7 heteroatoms. The van der Waals surface area contributed by atoms with Crippen LogP contribution in [0.1, 0.15) is 10.4 Å². The van der Waals surface area contributed by atoms with Crippen molar-refractivity contribution in [1.82, 2.24) is 14.6 Å². The summed E-state index contributed by atoms with van der Waals surface area (Å²) >= 11 is 0. The quantitative estimate of drug-likeness (QED) is 0.681. The van der Waals surface area contributed by atoms with Gasteiger partial charge in [-0.25, -0.2) is 18.7 Å². The number of methoxy groups -OCH3 is 1. The van der Waals surface area contributed by atoms with Gasteiger partial charge < -0.3 is 10.5 Å². The van der Waals surface area contributed by atoms with Crippen LogP contribution in [0.15, 0.2) is 12.4 Å². The van der Waals surface area contributed by atoms with E-state index in [2.05, 4.69) is 14.8 Å². The molecule has 2 aromatic heterocycles. The molecule has 2 heterocycles. The lowest BCUT2D eigenvalue weighted by Crippen LogP contribution is -2.04. The number of carbonyl (C=O) groups excluding carboxylic acids is 1. The van der Waals surface area contributed by atoms with Gasteiger partial charge in [-0.2, -0.15) is 0 Å². The minimum absolute atomic E-state index is 0.0394. The van der Waals surface area contributed by atoms with E-state index in [4.69, 9.17) is 5.73 Å². The molecule has 2 aromatic rings. The Kier molecular flexibility index (Phi) is 2.00. The van der Waals surface area contributed by atoms with Crippen molar-refractivity contribution < 1.29 is 13.9 Å². The number of aromatic nitrogens is 3. The monoisotopic (exact) mass is 210 g/mol. The van der Waals surface area contributed by atoms with Crippen LogP contribution in [0.5, 0.6) is 0 Å². The normalized spacial score (nSPS) is 10.5. The van der Waals surface area contributed by atoms with Gasteiger partial charge in [-0.3, -0.25) is 0 Å². The van der Waals surface area contributed by atoms with E-state index in [1.54, 1.807) is 0 Å². The molecule has 2 rings (SSSR count). The molecule has 0 aliphatic carbocycles. The summed E-state index contributed by atoms with van der Waals surface area (Å²) in [4.78, 5) is 15.0. The van der Waals surface area contributed by atoms with Crippen LogP contribution in [0.25, 0.3) is 5.65 Å². The number of anilines is 1. The molecule has 0 aliphatic rings. The topological polar surface area (TPSA) is 82.5 Å². The Morgan fingerprint density at radius 2 is 2.40 bits per heavy atom. The maximum absolute atomic E-state index is 12.8. The Morgan fingerprint density at radius 3 is 3.07 bits per heavy atom. The Hall–Kier alpha value is -2.18. The number of nitrogen functional groups attached to an aromatic ring is 1. The predicted molar refractivity (Wildman–Crippen MR) is 48.7 cm³/mol. The first-order valence-electron chi connectivity index (χ1n) is 4.01. The summed E-state index contributed by atoms with van der Waals surface area (Å²) in [5.74, 6) is -1.26. The van der Waals surface area contributed by atoms with Crippen LogP contribution in [0.2, 0.25) is 0 Å². The molecule has 0 atom stereocenters. The third-order valence-corrected chi connectivity index (χ3v) is 1.86. The average molecular weight is 210 g/mol. The van der Waals surface area contributed by atoms with Crippen molar-refractivity contribution in [3.8, 4) is 0 Å². The van der Waals surface area contributed by atoms with Crippen LogP contribution < -0.4 is 5.73 Å². The van der Waals surface area contributed by atoms with Crippen LogP contribution in [0.4, 0.5) is 10.2 Å². The number of rotatable bonds is 1. The van der Waals surface area contributed by atoms with Gasteiger partial charge in [0, 0.05) is 0 Å². The molecule has 0 radical (unpaired) electrons. The van der Waals surface area contributed by atoms with Crippen molar-refractivity contribution in [2.75, 3.05) is 12.8 Å². The number of ether oxygens (including phenoxy) is 1. The maximum Gasteiger partial charge on any atom is 0.345 e. The molecule has 15 heavy (non-hydrogen) atoms. The van der Waals surface area contributed by atoms with E-state index in [0.29, 0.717) is 0 Å². The van der Waals surface area contributed by atoms with Crippen molar-refractivity contribution in [2.45, 2.75) is 0 Å². The fraction of sp³-hybridized carbons (Fsp3) is 0.125. The van der Waals surface area contributed by atoms with Crippen LogP contribution in [-0.2, 0) is 4.74 Å². The first-order chi connectivity index (χ1) is 7.13. The second-order valence-corrected chi connectivity index (χ2v) is 2.79. The Bertz CT molecular complexity index is 537. The summed E-state index contributed by atoms with van der Waals surface area (Å²) < 4.78 is 18.4. The molecule has 0 spiro atoms. The predicted octanol–water partition coefficient (Wildman–Crippen LogP) is 0.237. The maximum atomic E-state index is 12.8. The van der Waals surface area contributed by atoms with Gasteiger partial charge in [-0.05, 0) is 0 Å². The fourth-order valence-electron chi connectivity index (χ4n) is 1.23. The van der Waals surface area contributed by atoms with Crippen molar-refractivity contribution >= 4 is 17.4 Å². The summed E-state index contributed by atoms with van der Waals surface area (Å²) in [5.41, 5.74) is 5.69. The molecule has 0 amide bonds. The second-order valence-electron chi connectivity index (χ2n) is 2.79. The third-order valence-electron chi connectivity index (χ3n) is 1.86. The zero-order chi connectivity index (χ0) is 11.0. The highest BCUT2D eigenvalue weighted by Gasteiger charge is 2.19. The number of halogens is 1. The number of esters is 1. The molecule has 0 fully saturated rings. The second kappa shape index (κ2) is 3.19. The zero-order valence-electron chi connectivity index (χ0n) is 7.77.